The van der Waals surface area contributed by atoms with Gasteiger partial charge in [-0.25, -0.2) is 0 Å². The van der Waals surface area contributed by atoms with Crippen LogP contribution in [0.15, 0.2) is 0 Å². The van der Waals surface area contributed by atoms with Gasteiger partial charge in [-0.15, -0.1) is 0 Å². The Morgan fingerprint density at radius 2 is 1.58 bits per heavy atom. The second kappa shape index (κ2) is 8.50. The van der Waals surface area contributed by atoms with Crippen LogP contribution in [0.25, 0.3) is 0 Å². The van der Waals surface area contributed by atoms with Crippen LogP contribution in [0.3, 0.4) is 0 Å². The van der Waals surface area contributed by atoms with E-state index >= 15 is 0 Å². The standard InChI is InChI=1S/C13H22N2O4/c16-11(7-6-10-4-2-1-3-5-10)14-8-12(17)15-9-13(18)19/h10H,1-9H2,(H,14,16)(H,15,17)(H,18,19). The number of carbonyl (C=O) groups is 3. The van der Waals surface area contributed by atoms with Gasteiger partial charge < -0.3 is 15.7 Å². The molecule has 0 aromatic carbocycles. The van der Waals surface area contributed by atoms with Gasteiger partial charge in [0.15, 0.2) is 0 Å². The topological polar surface area (TPSA) is 95.5 Å². The van der Waals surface area contributed by atoms with Crippen molar-refractivity contribution in [1.29, 1.82) is 0 Å². The zero-order valence-corrected chi connectivity index (χ0v) is 11.1. The number of carboxylic acid groups (broad SMARTS) is 1. The van der Waals surface area contributed by atoms with Crippen LogP contribution in [0, 0.1) is 5.92 Å². The van der Waals surface area contributed by atoms with Crippen molar-refractivity contribution in [3.05, 3.63) is 0 Å². The maximum atomic E-state index is 11.5. The van der Waals surface area contributed by atoms with Crippen LogP contribution in [0.2, 0.25) is 0 Å². The summed E-state index contributed by atoms with van der Waals surface area (Å²) in [6.07, 6.45) is 7.53. The average Bonchev–Trinajstić information content (AvgIpc) is 2.41. The van der Waals surface area contributed by atoms with E-state index in [1.54, 1.807) is 0 Å². The summed E-state index contributed by atoms with van der Waals surface area (Å²) in [5, 5.41) is 13.1. The third-order valence-corrected chi connectivity index (χ3v) is 3.39. The molecule has 0 unspecified atom stereocenters. The Labute approximate surface area is 112 Å². The number of carbonyl (C=O) groups excluding carboxylic acids is 2. The third-order valence-electron chi connectivity index (χ3n) is 3.39. The summed E-state index contributed by atoms with van der Waals surface area (Å²) in [6.45, 7) is -0.576. The highest BCUT2D eigenvalue weighted by Gasteiger charge is 2.15. The number of hydrogen-bond donors (Lipinski definition) is 3. The van der Waals surface area contributed by atoms with Gasteiger partial charge in [-0.2, -0.15) is 0 Å². The highest BCUT2D eigenvalue weighted by Crippen LogP contribution is 2.27. The van der Waals surface area contributed by atoms with E-state index in [1.807, 2.05) is 0 Å². The van der Waals surface area contributed by atoms with Crippen molar-refractivity contribution < 1.29 is 19.5 Å². The summed E-state index contributed by atoms with van der Waals surface area (Å²) in [7, 11) is 0. The minimum atomic E-state index is -1.10. The predicted molar refractivity (Wildman–Crippen MR) is 69.5 cm³/mol. The van der Waals surface area contributed by atoms with Crippen LogP contribution in [-0.2, 0) is 14.4 Å². The molecule has 0 saturated heterocycles. The fourth-order valence-corrected chi connectivity index (χ4v) is 2.31. The van der Waals surface area contributed by atoms with E-state index in [2.05, 4.69) is 10.6 Å². The minimum Gasteiger partial charge on any atom is -0.480 e. The molecule has 6 heteroatoms. The Kier molecular flexibility index (Phi) is 6.92. The maximum absolute atomic E-state index is 11.5. The SMILES string of the molecule is O=C(O)CNC(=O)CNC(=O)CCC1CCCCC1. The number of hydrogen-bond acceptors (Lipinski definition) is 3. The van der Waals surface area contributed by atoms with Crippen molar-refractivity contribution in [2.75, 3.05) is 13.1 Å². The summed E-state index contributed by atoms with van der Waals surface area (Å²) < 4.78 is 0. The molecular formula is C13H22N2O4. The Morgan fingerprint density at radius 3 is 2.21 bits per heavy atom. The van der Waals surface area contributed by atoms with Gasteiger partial charge in [0.1, 0.15) is 6.54 Å². The quantitative estimate of drug-likeness (QED) is 0.633. The molecule has 1 saturated carbocycles. The number of amides is 2. The first-order chi connectivity index (χ1) is 9.08. The Bertz CT molecular complexity index is 325. The third kappa shape index (κ3) is 7.43. The van der Waals surface area contributed by atoms with Gasteiger partial charge in [-0.1, -0.05) is 32.1 Å². The Hall–Kier alpha value is -1.59. The Morgan fingerprint density at radius 1 is 0.947 bits per heavy atom. The fraction of sp³-hybridized carbons (Fsp3) is 0.769. The van der Waals surface area contributed by atoms with Gasteiger partial charge >= 0.3 is 5.97 Å². The van der Waals surface area contributed by atoms with Gasteiger partial charge in [0.05, 0.1) is 6.54 Å². The van der Waals surface area contributed by atoms with Gasteiger partial charge in [0, 0.05) is 6.42 Å². The smallest absolute Gasteiger partial charge is 0.322 e. The lowest BCUT2D eigenvalue weighted by Crippen LogP contribution is -2.39. The van der Waals surface area contributed by atoms with Crippen molar-refractivity contribution >= 4 is 17.8 Å². The van der Waals surface area contributed by atoms with E-state index in [0.29, 0.717) is 12.3 Å². The molecule has 19 heavy (non-hydrogen) atoms. The highest BCUT2D eigenvalue weighted by atomic mass is 16.4. The molecule has 1 aliphatic carbocycles. The number of carboxylic acids is 1. The van der Waals surface area contributed by atoms with E-state index in [1.165, 1.54) is 32.1 Å². The van der Waals surface area contributed by atoms with Crippen LogP contribution >= 0.6 is 0 Å². The summed E-state index contributed by atoms with van der Waals surface area (Å²) in [5.41, 5.74) is 0. The summed E-state index contributed by atoms with van der Waals surface area (Å²) >= 11 is 0. The van der Waals surface area contributed by atoms with E-state index in [-0.39, 0.29) is 12.5 Å². The highest BCUT2D eigenvalue weighted by molar-refractivity contribution is 5.86. The van der Waals surface area contributed by atoms with Crippen molar-refractivity contribution in [3.63, 3.8) is 0 Å². The zero-order chi connectivity index (χ0) is 14.1. The summed E-state index contributed by atoms with van der Waals surface area (Å²) in [5.74, 6) is -1.08. The van der Waals surface area contributed by atoms with Crippen molar-refractivity contribution in [2.45, 2.75) is 44.9 Å². The molecule has 0 heterocycles. The molecule has 0 aromatic rings. The molecule has 2 amide bonds. The molecule has 0 spiro atoms. The predicted octanol–water partition coefficient (Wildman–Crippen LogP) is 0.664. The van der Waals surface area contributed by atoms with E-state index in [9.17, 15) is 14.4 Å². The van der Waals surface area contributed by atoms with Crippen LogP contribution in [0.5, 0.6) is 0 Å². The average molecular weight is 270 g/mol. The van der Waals surface area contributed by atoms with Crippen LogP contribution < -0.4 is 10.6 Å². The lowest BCUT2D eigenvalue weighted by Gasteiger charge is -2.20. The van der Waals surface area contributed by atoms with Gasteiger partial charge in [-0.05, 0) is 12.3 Å². The molecule has 0 aromatic heterocycles. The second-order valence-electron chi connectivity index (χ2n) is 4.99. The first-order valence-corrected chi connectivity index (χ1v) is 6.83. The largest absolute Gasteiger partial charge is 0.480 e. The zero-order valence-electron chi connectivity index (χ0n) is 11.1. The molecule has 3 N–H and O–H groups in total. The van der Waals surface area contributed by atoms with Gasteiger partial charge in [0.2, 0.25) is 11.8 Å². The molecular weight excluding hydrogens is 248 g/mol. The molecule has 108 valence electrons. The van der Waals surface area contributed by atoms with E-state index in [4.69, 9.17) is 5.11 Å². The van der Waals surface area contributed by atoms with Crippen LogP contribution in [-0.4, -0.2) is 36.0 Å². The molecule has 0 aliphatic heterocycles. The summed E-state index contributed by atoms with van der Waals surface area (Å²) in [4.78, 5) is 32.9. The first-order valence-electron chi connectivity index (χ1n) is 6.83. The molecule has 6 nitrogen and oxygen atoms in total. The minimum absolute atomic E-state index is 0.143. The molecule has 0 bridgehead atoms. The number of nitrogens with one attached hydrogen (secondary N) is 2. The molecule has 0 radical (unpaired) electrons. The molecule has 1 rings (SSSR count). The number of aliphatic carboxylic acids is 1. The lowest BCUT2D eigenvalue weighted by molar-refractivity contribution is -0.137. The molecule has 1 aliphatic rings. The fourth-order valence-electron chi connectivity index (χ4n) is 2.31. The Balaban J connectivity index is 2.06. The van der Waals surface area contributed by atoms with Crippen molar-refractivity contribution in [1.82, 2.24) is 10.6 Å². The van der Waals surface area contributed by atoms with Crippen LogP contribution in [0.4, 0.5) is 0 Å². The van der Waals surface area contributed by atoms with Gasteiger partial charge in [-0.3, -0.25) is 14.4 Å². The van der Waals surface area contributed by atoms with Crippen molar-refractivity contribution in [3.8, 4) is 0 Å². The normalized spacial score (nSPS) is 15.8. The summed E-state index contributed by atoms with van der Waals surface area (Å²) in [6, 6.07) is 0. The van der Waals surface area contributed by atoms with E-state index < -0.39 is 18.4 Å². The second-order valence-corrected chi connectivity index (χ2v) is 4.99. The van der Waals surface area contributed by atoms with Crippen molar-refractivity contribution in [2.24, 2.45) is 5.92 Å². The molecule has 1 fully saturated rings. The van der Waals surface area contributed by atoms with Crippen LogP contribution in [0.1, 0.15) is 44.9 Å². The first kappa shape index (κ1) is 15.5. The molecule has 0 atom stereocenters. The monoisotopic (exact) mass is 270 g/mol. The van der Waals surface area contributed by atoms with Gasteiger partial charge in [0.25, 0.3) is 0 Å². The van der Waals surface area contributed by atoms with E-state index in [0.717, 1.165) is 6.42 Å². The maximum Gasteiger partial charge on any atom is 0.322 e. The number of rotatable bonds is 7. The lowest BCUT2D eigenvalue weighted by atomic mass is 9.86.